The Morgan fingerprint density at radius 2 is 2.15 bits per heavy atom. The lowest BCUT2D eigenvalue weighted by Crippen LogP contribution is -2.27. The SMILES string of the molecule is CCn1nc(CC2(F)CCCNCC2)c2ccccc21. The average Bonchev–Trinajstić information content (AvgIpc) is 2.65. The minimum Gasteiger partial charge on any atom is -0.317 e. The fourth-order valence-corrected chi connectivity index (χ4v) is 3.14. The molecule has 1 saturated heterocycles. The molecule has 1 fully saturated rings. The molecule has 3 nitrogen and oxygen atoms in total. The van der Waals surface area contributed by atoms with Crippen molar-refractivity contribution in [3.63, 3.8) is 0 Å². The predicted molar refractivity (Wildman–Crippen MR) is 79.7 cm³/mol. The van der Waals surface area contributed by atoms with Gasteiger partial charge in [0.25, 0.3) is 0 Å². The molecule has 0 radical (unpaired) electrons. The second kappa shape index (κ2) is 5.52. The Morgan fingerprint density at radius 1 is 1.30 bits per heavy atom. The molecule has 20 heavy (non-hydrogen) atoms. The van der Waals surface area contributed by atoms with Crippen molar-refractivity contribution in [2.45, 2.75) is 44.8 Å². The molecule has 1 aromatic heterocycles. The van der Waals surface area contributed by atoms with Crippen LogP contribution in [0, 0.1) is 0 Å². The number of hydrogen-bond donors (Lipinski definition) is 1. The van der Waals surface area contributed by atoms with Crippen molar-refractivity contribution in [1.29, 1.82) is 0 Å². The molecule has 0 saturated carbocycles. The van der Waals surface area contributed by atoms with Crippen LogP contribution in [0.3, 0.4) is 0 Å². The molecule has 3 rings (SSSR count). The summed E-state index contributed by atoms with van der Waals surface area (Å²) in [7, 11) is 0. The van der Waals surface area contributed by atoms with Crippen LogP contribution in [0.1, 0.15) is 31.9 Å². The normalized spacial score (nSPS) is 23.9. The van der Waals surface area contributed by atoms with E-state index in [9.17, 15) is 0 Å². The summed E-state index contributed by atoms with van der Waals surface area (Å²) in [5.74, 6) is 0. The van der Waals surface area contributed by atoms with E-state index in [-0.39, 0.29) is 0 Å². The van der Waals surface area contributed by atoms with Gasteiger partial charge in [0.1, 0.15) is 5.67 Å². The van der Waals surface area contributed by atoms with Crippen molar-refractivity contribution in [2.24, 2.45) is 0 Å². The first kappa shape index (κ1) is 13.6. The lowest BCUT2D eigenvalue weighted by atomic mass is 9.91. The number of halogens is 1. The summed E-state index contributed by atoms with van der Waals surface area (Å²) in [4.78, 5) is 0. The fraction of sp³-hybridized carbons (Fsp3) is 0.562. The summed E-state index contributed by atoms with van der Waals surface area (Å²) >= 11 is 0. The monoisotopic (exact) mass is 275 g/mol. The van der Waals surface area contributed by atoms with Crippen molar-refractivity contribution in [2.75, 3.05) is 13.1 Å². The molecule has 2 aromatic rings. The van der Waals surface area contributed by atoms with E-state index in [1.54, 1.807) is 0 Å². The summed E-state index contributed by atoms with van der Waals surface area (Å²) in [5, 5.41) is 9.01. The molecular weight excluding hydrogens is 253 g/mol. The number of nitrogens with one attached hydrogen (secondary N) is 1. The van der Waals surface area contributed by atoms with E-state index in [0.717, 1.165) is 42.7 Å². The molecule has 0 bridgehead atoms. The van der Waals surface area contributed by atoms with E-state index in [4.69, 9.17) is 0 Å². The van der Waals surface area contributed by atoms with Crippen LogP contribution >= 0.6 is 0 Å². The third-order valence-electron chi connectivity index (χ3n) is 4.25. The van der Waals surface area contributed by atoms with Crippen LogP contribution in [0.4, 0.5) is 4.39 Å². The summed E-state index contributed by atoms with van der Waals surface area (Å²) in [6, 6.07) is 8.14. The molecule has 0 spiro atoms. The zero-order valence-corrected chi connectivity index (χ0v) is 12.0. The summed E-state index contributed by atoms with van der Waals surface area (Å²) < 4.78 is 17.0. The first-order valence-electron chi connectivity index (χ1n) is 7.56. The topological polar surface area (TPSA) is 29.9 Å². The number of benzene rings is 1. The largest absolute Gasteiger partial charge is 0.317 e. The number of aromatic nitrogens is 2. The number of aryl methyl sites for hydroxylation is 1. The third kappa shape index (κ3) is 2.57. The van der Waals surface area contributed by atoms with Gasteiger partial charge in [0.2, 0.25) is 0 Å². The Bertz CT molecular complexity index is 582. The van der Waals surface area contributed by atoms with E-state index < -0.39 is 5.67 Å². The smallest absolute Gasteiger partial charge is 0.118 e. The Hall–Kier alpha value is -1.42. The van der Waals surface area contributed by atoms with Crippen molar-refractivity contribution in [3.8, 4) is 0 Å². The molecule has 1 aliphatic rings. The molecule has 1 N–H and O–H groups in total. The Labute approximate surface area is 119 Å². The first-order chi connectivity index (χ1) is 9.72. The van der Waals surface area contributed by atoms with Gasteiger partial charge in [-0.1, -0.05) is 18.2 Å². The van der Waals surface area contributed by atoms with Crippen molar-refractivity contribution >= 4 is 10.9 Å². The highest BCUT2D eigenvalue weighted by Gasteiger charge is 2.32. The molecule has 1 aliphatic heterocycles. The quantitative estimate of drug-likeness (QED) is 0.933. The van der Waals surface area contributed by atoms with Crippen LogP contribution < -0.4 is 5.32 Å². The van der Waals surface area contributed by atoms with Gasteiger partial charge in [0, 0.05) is 18.4 Å². The summed E-state index contributed by atoms with van der Waals surface area (Å²) in [6.45, 7) is 4.59. The van der Waals surface area contributed by atoms with Gasteiger partial charge in [-0.15, -0.1) is 0 Å². The molecule has 1 atom stereocenters. The van der Waals surface area contributed by atoms with Crippen LogP contribution in [-0.4, -0.2) is 28.5 Å². The fourth-order valence-electron chi connectivity index (χ4n) is 3.14. The number of para-hydroxylation sites is 1. The number of fused-ring (bicyclic) bond motifs is 1. The van der Waals surface area contributed by atoms with Crippen molar-refractivity contribution < 1.29 is 4.39 Å². The molecular formula is C16H22FN3. The van der Waals surface area contributed by atoms with Gasteiger partial charge in [0.15, 0.2) is 0 Å². The van der Waals surface area contributed by atoms with E-state index >= 15 is 4.39 Å². The highest BCUT2D eigenvalue weighted by atomic mass is 19.1. The second-order valence-electron chi connectivity index (χ2n) is 5.71. The number of alkyl halides is 1. The standard InChI is InChI=1S/C16H22FN3/c1-2-20-15-7-4-3-6-13(15)14(19-20)12-16(17)8-5-10-18-11-9-16/h3-4,6-7,18H,2,5,8-12H2,1H3. The maximum absolute atomic E-state index is 15.1. The van der Waals surface area contributed by atoms with Crippen molar-refractivity contribution in [1.82, 2.24) is 15.1 Å². The van der Waals surface area contributed by atoms with E-state index in [0.29, 0.717) is 19.3 Å². The molecule has 1 aromatic carbocycles. The van der Waals surface area contributed by atoms with E-state index in [1.807, 2.05) is 16.8 Å². The zero-order valence-electron chi connectivity index (χ0n) is 12.0. The van der Waals surface area contributed by atoms with Gasteiger partial charge >= 0.3 is 0 Å². The van der Waals surface area contributed by atoms with Crippen molar-refractivity contribution in [3.05, 3.63) is 30.0 Å². The Balaban J connectivity index is 1.93. The minimum atomic E-state index is -1.11. The molecule has 108 valence electrons. The highest BCUT2D eigenvalue weighted by Crippen LogP contribution is 2.31. The predicted octanol–water partition coefficient (Wildman–Crippen LogP) is 3.08. The van der Waals surface area contributed by atoms with Crippen LogP contribution in [-0.2, 0) is 13.0 Å². The Kier molecular flexibility index (Phi) is 3.74. The van der Waals surface area contributed by atoms with Gasteiger partial charge < -0.3 is 5.32 Å². The van der Waals surface area contributed by atoms with E-state index in [2.05, 4.69) is 29.5 Å². The molecule has 2 heterocycles. The third-order valence-corrected chi connectivity index (χ3v) is 4.25. The zero-order chi connectivity index (χ0) is 14.0. The number of hydrogen-bond acceptors (Lipinski definition) is 2. The van der Waals surface area contributed by atoms with Gasteiger partial charge in [0.05, 0.1) is 11.2 Å². The first-order valence-corrected chi connectivity index (χ1v) is 7.56. The maximum atomic E-state index is 15.1. The lowest BCUT2D eigenvalue weighted by Gasteiger charge is -2.22. The maximum Gasteiger partial charge on any atom is 0.118 e. The van der Waals surface area contributed by atoms with Gasteiger partial charge in [-0.2, -0.15) is 5.10 Å². The highest BCUT2D eigenvalue weighted by molar-refractivity contribution is 5.82. The van der Waals surface area contributed by atoms with Gasteiger partial charge in [-0.05, 0) is 45.3 Å². The van der Waals surface area contributed by atoms with Crippen LogP contribution in [0.25, 0.3) is 10.9 Å². The van der Waals surface area contributed by atoms with Crippen LogP contribution in [0.15, 0.2) is 24.3 Å². The second-order valence-corrected chi connectivity index (χ2v) is 5.71. The van der Waals surface area contributed by atoms with Gasteiger partial charge in [-0.25, -0.2) is 4.39 Å². The Morgan fingerprint density at radius 3 is 3.00 bits per heavy atom. The molecule has 0 amide bonds. The minimum absolute atomic E-state index is 0.433. The molecule has 4 heteroatoms. The number of rotatable bonds is 3. The number of nitrogens with zero attached hydrogens (tertiary/aromatic N) is 2. The summed E-state index contributed by atoms with van der Waals surface area (Å²) in [6.07, 6.45) is 2.55. The van der Waals surface area contributed by atoms with E-state index in [1.165, 1.54) is 0 Å². The average molecular weight is 275 g/mol. The van der Waals surface area contributed by atoms with Crippen LogP contribution in [0.2, 0.25) is 0 Å². The molecule has 0 aliphatic carbocycles. The lowest BCUT2D eigenvalue weighted by molar-refractivity contribution is 0.143. The molecule has 1 unspecified atom stereocenters. The summed E-state index contributed by atoms with van der Waals surface area (Å²) in [5.41, 5.74) is 0.909. The van der Waals surface area contributed by atoms with Crippen LogP contribution in [0.5, 0.6) is 0 Å². The van der Waals surface area contributed by atoms with Gasteiger partial charge in [-0.3, -0.25) is 4.68 Å².